The number of likely N-dealkylation sites (tertiary alicyclic amines) is 1. The van der Waals surface area contributed by atoms with Crippen LogP contribution in [0.15, 0.2) is 35.1 Å². The number of hydrogen-bond donors (Lipinski definition) is 1. The molecule has 6 nitrogen and oxygen atoms in total. The Labute approximate surface area is 173 Å². The third-order valence-corrected chi connectivity index (χ3v) is 6.45. The van der Waals surface area contributed by atoms with E-state index in [1.807, 2.05) is 56.0 Å². The molecule has 3 aromatic rings. The van der Waals surface area contributed by atoms with Gasteiger partial charge in [-0.25, -0.2) is 9.97 Å². The predicted octanol–water partition coefficient (Wildman–Crippen LogP) is 3.72. The second-order valence-electron chi connectivity index (χ2n) is 7.48. The fourth-order valence-corrected chi connectivity index (χ4v) is 4.83. The highest BCUT2D eigenvalue weighted by molar-refractivity contribution is 7.13. The van der Waals surface area contributed by atoms with Crippen molar-refractivity contribution in [2.75, 3.05) is 6.54 Å². The van der Waals surface area contributed by atoms with E-state index in [2.05, 4.69) is 9.97 Å². The van der Waals surface area contributed by atoms with Gasteiger partial charge in [-0.2, -0.15) is 0 Å². The number of carbonyl (C=O) groups excluding carboxylic acids is 1. The summed E-state index contributed by atoms with van der Waals surface area (Å²) in [6.07, 6.45) is 2.23. The van der Waals surface area contributed by atoms with Crippen molar-refractivity contribution in [3.8, 4) is 0 Å². The molecule has 0 unspecified atom stereocenters. The topological polar surface area (TPSA) is 79.0 Å². The van der Waals surface area contributed by atoms with E-state index >= 15 is 0 Å². The Hall–Kier alpha value is -2.80. The summed E-state index contributed by atoms with van der Waals surface area (Å²) in [5, 5.41) is 0.884. The molecule has 0 radical (unpaired) electrons. The molecule has 2 aromatic heterocycles. The van der Waals surface area contributed by atoms with Crippen LogP contribution in [0.1, 0.15) is 61.9 Å². The van der Waals surface area contributed by atoms with Crippen LogP contribution in [0.4, 0.5) is 0 Å². The molecule has 3 heterocycles. The summed E-state index contributed by atoms with van der Waals surface area (Å²) >= 11 is 1.42. The van der Waals surface area contributed by atoms with Crippen LogP contribution in [0.2, 0.25) is 0 Å². The van der Waals surface area contributed by atoms with Crippen LogP contribution in [0, 0.1) is 20.8 Å². The van der Waals surface area contributed by atoms with Gasteiger partial charge in [0.2, 0.25) is 0 Å². The molecule has 1 aliphatic heterocycles. The number of hydrogen-bond acceptors (Lipinski definition) is 5. The first kappa shape index (κ1) is 19.5. The molecule has 0 spiro atoms. The monoisotopic (exact) mass is 408 g/mol. The molecular weight excluding hydrogens is 384 g/mol. The number of carbonyl (C=O) groups is 1. The van der Waals surface area contributed by atoms with Gasteiger partial charge in [0, 0.05) is 24.2 Å². The lowest BCUT2D eigenvalue weighted by atomic mass is 10.0. The van der Waals surface area contributed by atoms with E-state index < -0.39 is 0 Å². The second-order valence-corrected chi connectivity index (χ2v) is 8.68. The number of amides is 1. The van der Waals surface area contributed by atoms with E-state index in [0.29, 0.717) is 29.2 Å². The van der Waals surface area contributed by atoms with Crippen LogP contribution in [-0.2, 0) is 6.42 Å². The fourth-order valence-electron chi connectivity index (χ4n) is 3.95. The summed E-state index contributed by atoms with van der Waals surface area (Å²) in [5.74, 6) is 0.554. The number of benzene rings is 1. The Balaban J connectivity index is 1.63. The molecular formula is C22H24N4O2S. The Morgan fingerprint density at radius 1 is 1.17 bits per heavy atom. The Morgan fingerprint density at radius 3 is 2.59 bits per heavy atom. The largest absolute Gasteiger partial charge is 0.328 e. The van der Waals surface area contributed by atoms with E-state index in [4.69, 9.17) is 4.98 Å². The maximum atomic E-state index is 13.1. The van der Waals surface area contributed by atoms with Crippen LogP contribution in [-0.4, -0.2) is 32.3 Å². The molecule has 1 N–H and O–H groups in total. The van der Waals surface area contributed by atoms with Gasteiger partial charge >= 0.3 is 0 Å². The molecule has 0 bridgehead atoms. The first-order chi connectivity index (χ1) is 13.9. The zero-order valence-corrected chi connectivity index (χ0v) is 17.7. The number of aromatic nitrogens is 3. The molecule has 1 aromatic carbocycles. The van der Waals surface area contributed by atoms with E-state index in [1.54, 1.807) is 0 Å². The van der Waals surface area contributed by atoms with Crippen molar-refractivity contribution in [1.29, 1.82) is 0 Å². The third kappa shape index (κ3) is 3.87. The van der Waals surface area contributed by atoms with Gasteiger partial charge in [-0.1, -0.05) is 30.3 Å². The summed E-state index contributed by atoms with van der Waals surface area (Å²) in [5.41, 5.74) is 3.10. The number of aryl methyl sites for hydroxylation is 3. The highest BCUT2D eigenvalue weighted by Crippen LogP contribution is 2.33. The minimum absolute atomic E-state index is 0.0238. The molecule has 0 saturated carbocycles. The molecule has 4 rings (SSSR count). The number of H-pyrrole nitrogens is 1. The Kier molecular flexibility index (Phi) is 5.32. The van der Waals surface area contributed by atoms with Crippen molar-refractivity contribution in [2.24, 2.45) is 0 Å². The van der Waals surface area contributed by atoms with Crippen LogP contribution >= 0.6 is 11.3 Å². The molecule has 1 saturated heterocycles. The average Bonchev–Trinajstić information content (AvgIpc) is 3.31. The van der Waals surface area contributed by atoms with Gasteiger partial charge in [0.25, 0.3) is 11.5 Å². The predicted molar refractivity (Wildman–Crippen MR) is 113 cm³/mol. The van der Waals surface area contributed by atoms with Gasteiger partial charge in [-0.3, -0.25) is 9.59 Å². The number of thiazole rings is 1. The number of aromatic amines is 1. The lowest BCUT2D eigenvalue weighted by Crippen LogP contribution is -2.33. The zero-order chi connectivity index (χ0) is 20.5. The second kappa shape index (κ2) is 7.91. The minimum atomic E-state index is -0.207. The standard InChI is InChI=1S/C22H24N4O2S/c1-13-17(12-16-8-5-4-6-9-16)21(27)25-20(24-13)18-10-7-11-26(18)22(28)19-14(2)23-15(3)29-19/h4-6,8-9,18H,7,10-12H2,1-3H3,(H,24,25,27)/t18-/m0/s1. The molecule has 1 amide bonds. The van der Waals surface area contributed by atoms with Gasteiger partial charge in [0.1, 0.15) is 10.7 Å². The Bertz CT molecular complexity index is 1100. The van der Waals surface area contributed by atoms with Gasteiger partial charge in [0.15, 0.2) is 0 Å². The maximum absolute atomic E-state index is 13.1. The summed E-state index contributed by atoms with van der Waals surface area (Å²) < 4.78 is 0. The van der Waals surface area contributed by atoms with Gasteiger partial charge in [-0.05, 0) is 39.2 Å². The fraction of sp³-hybridized carbons (Fsp3) is 0.364. The van der Waals surface area contributed by atoms with Gasteiger partial charge in [0.05, 0.1) is 16.7 Å². The summed E-state index contributed by atoms with van der Waals surface area (Å²) in [6.45, 7) is 6.30. The van der Waals surface area contributed by atoms with Crippen molar-refractivity contribution >= 4 is 17.2 Å². The molecule has 1 aliphatic rings. The number of rotatable bonds is 4. The normalized spacial score (nSPS) is 16.4. The zero-order valence-electron chi connectivity index (χ0n) is 16.9. The van der Waals surface area contributed by atoms with Gasteiger partial charge in [-0.15, -0.1) is 11.3 Å². The van der Waals surface area contributed by atoms with Crippen molar-refractivity contribution in [3.05, 3.63) is 78.9 Å². The van der Waals surface area contributed by atoms with E-state index in [-0.39, 0.29) is 17.5 Å². The van der Waals surface area contributed by atoms with Crippen LogP contribution in [0.5, 0.6) is 0 Å². The van der Waals surface area contributed by atoms with E-state index in [0.717, 1.165) is 34.8 Å². The summed E-state index contributed by atoms with van der Waals surface area (Å²) in [7, 11) is 0. The molecule has 29 heavy (non-hydrogen) atoms. The average molecular weight is 409 g/mol. The number of nitrogens with one attached hydrogen (secondary N) is 1. The summed E-state index contributed by atoms with van der Waals surface area (Å²) in [6, 6.07) is 9.69. The number of nitrogens with zero attached hydrogens (tertiary/aromatic N) is 3. The smallest absolute Gasteiger partial charge is 0.266 e. The molecule has 150 valence electrons. The molecule has 1 fully saturated rings. The molecule has 7 heteroatoms. The van der Waals surface area contributed by atoms with Crippen molar-refractivity contribution in [2.45, 2.75) is 46.1 Å². The maximum Gasteiger partial charge on any atom is 0.266 e. The first-order valence-electron chi connectivity index (χ1n) is 9.82. The summed E-state index contributed by atoms with van der Waals surface area (Å²) in [4.78, 5) is 40.5. The van der Waals surface area contributed by atoms with E-state index in [9.17, 15) is 9.59 Å². The quantitative estimate of drug-likeness (QED) is 0.714. The van der Waals surface area contributed by atoms with Crippen LogP contribution < -0.4 is 5.56 Å². The van der Waals surface area contributed by atoms with Gasteiger partial charge < -0.3 is 9.88 Å². The SMILES string of the molecule is Cc1nc(C)c(C(=O)N2CCC[C@H]2c2nc(C)c(Cc3ccccc3)c(=O)[nH]2)s1. The van der Waals surface area contributed by atoms with Crippen LogP contribution in [0.25, 0.3) is 0 Å². The van der Waals surface area contributed by atoms with Crippen LogP contribution in [0.3, 0.4) is 0 Å². The van der Waals surface area contributed by atoms with Crippen molar-refractivity contribution in [3.63, 3.8) is 0 Å². The minimum Gasteiger partial charge on any atom is -0.328 e. The lowest BCUT2D eigenvalue weighted by molar-refractivity contribution is 0.0733. The molecule has 1 atom stereocenters. The Morgan fingerprint density at radius 2 is 1.93 bits per heavy atom. The van der Waals surface area contributed by atoms with Crippen molar-refractivity contribution < 1.29 is 4.79 Å². The highest BCUT2D eigenvalue weighted by Gasteiger charge is 2.34. The van der Waals surface area contributed by atoms with E-state index in [1.165, 1.54) is 11.3 Å². The van der Waals surface area contributed by atoms with Crippen molar-refractivity contribution in [1.82, 2.24) is 19.9 Å². The lowest BCUT2D eigenvalue weighted by Gasteiger charge is -2.24. The molecule has 0 aliphatic carbocycles. The highest BCUT2D eigenvalue weighted by atomic mass is 32.1. The first-order valence-corrected chi connectivity index (χ1v) is 10.6. The third-order valence-electron chi connectivity index (χ3n) is 5.39.